The fraction of sp³-hybridized carbons (Fsp3) is 0.900. The zero-order chi connectivity index (χ0) is 19.8. The summed E-state index contributed by atoms with van der Waals surface area (Å²) in [6, 6.07) is 0.0417. The lowest BCUT2D eigenvalue weighted by molar-refractivity contribution is 0.0671. The summed E-state index contributed by atoms with van der Waals surface area (Å²) in [6.07, 6.45) is 8.41. The lowest BCUT2D eigenvalue weighted by Gasteiger charge is -2.47. The van der Waals surface area contributed by atoms with Crippen molar-refractivity contribution < 1.29 is 4.79 Å². The molecular formula is C20H38N6OS. The predicted molar refractivity (Wildman–Crippen MR) is 118 cm³/mol. The highest BCUT2D eigenvalue weighted by molar-refractivity contribution is 7.99. The van der Waals surface area contributed by atoms with Crippen LogP contribution in [0.3, 0.4) is 0 Å². The summed E-state index contributed by atoms with van der Waals surface area (Å²) in [4.78, 5) is 20.9. The van der Waals surface area contributed by atoms with Gasteiger partial charge in [-0.15, -0.1) is 0 Å². The van der Waals surface area contributed by atoms with E-state index >= 15 is 0 Å². The van der Waals surface area contributed by atoms with Gasteiger partial charge in [0.1, 0.15) is 0 Å². The summed E-state index contributed by atoms with van der Waals surface area (Å²) in [6.45, 7) is 7.71. The number of aliphatic imine (C=N–C) groups is 1. The highest BCUT2D eigenvalue weighted by Crippen LogP contribution is 2.35. The van der Waals surface area contributed by atoms with Gasteiger partial charge in [-0.2, -0.15) is 11.8 Å². The summed E-state index contributed by atoms with van der Waals surface area (Å²) >= 11 is 2.08. The maximum absolute atomic E-state index is 11.3. The monoisotopic (exact) mass is 410 g/mol. The molecule has 2 saturated heterocycles. The quantitative estimate of drug-likeness (QED) is 0.476. The Kier molecular flexibility index (Phi) is 8.14. The van der Waals surface area contributed by atoms with Crippen LogP contribution in [-0.2, 0) is 0 Å². The Labute approximate surface area is 174 Å². The zero-order valence-electron chi connectivity index (χ0n) is 17.4. The van der Waals surface area contributed by atoms with Crippen LogP contribution in [0.2, 0.25) is 0 Å². The minimum atomic E-state index is -0.307. The number of amides is 2. The van der Waals surface area contributed by atoms with Crippen molar-refractivity contribution in [1.29, 1.82) is 0 Å². The molecule has 3 aliphatic rings. The fourth-order valence-corrected chi connectivity index (χ4v) is 5.71. The van der Waals surface area contributed by atoms with Crippen LogP contribution in [0, 0.1) is 0 Å². The molecule has 0 unspecified atom stereocenters. The standard InChI is InChI=1S/C20H38N6OS/c1-2-22-19(24-17-6-10-25(11-7-17)18(21)27)23-16-20(8-4-3-5-9-20)26-12-14-28-15-13-26/h17H,2-16H2,1H3,(H2,21,27)(H2,22,23,24). The molecule has 3 fully saturated rings. The molecule has 2 aliphatic heterocycles. The molecule has 8 heteroatoms. The van der Waals surface area contributed by atoms with Crippen molar-refractivity contribution in [3.8, 4) is 0 Å². The molecular weight excluding hydrogens is 372 g/mol. The average molecular weight is 411 g/mol. The average Bonchev–Trinajstić information content (AvgIpc) is 2.74. The molecule has 7 nitrogen and oxygen atoms in total. The van der Waals surface area contributed by atoms with E-state index in [0.29, 0.717) is 6.04 Å². The Balaban J connectivity index is 1.62. The lowest BCUT2D eigenvalue weighted by atomic mass is 9.80. The molecule has 28 heavy (non-hydrogen) atoms. The van der Waals surface area contributed by atoms with Gasteiger partial charge in [0.05, 0.1) is 6.54 Å². The first-order valence-electron chi connectivity index (χ1n) is 11.0. The van der Waals surface area contributed by atoms with Gasteiger partial charge in [0.15, 0.2) is 5.96 Å². The van der Waals surface area contributed by atoms with Gasteiger partial charge in [-0.3, -0.25) is 9.89 Å². The van der Waals surface area contributed by atoms with Gasteiger partial charge in [-0.25, -0.2) is 4.79 Å². The van der Waals surface area contributed by atoms with Gasteiger partial charge in [0.2, 0.25) is 0 Å². The minimum Gasteiger partial charge on any atom is -0.357 e. The van der Waals surface area contributed by atoms with Crippen LogP contribution in [0.15, 0.2) is 4.99 Å². The van der Waals surface area contributed by atoms with E-state index in [-0.39, 0.29) is 11.6 Å². The van der Waals surface area contributed by atoms with E-state index in [9.17, 15) is 4.79 Å². The maximum Gasteiger partial charge on any atom is 0.314 e. The number of urea groups is 1. The van der Waals surface area contributed by atoms with Crippen molar-refractivity contribution in [3.05, 3.63) is 0 Å². The van der Waals surface area contributed by atoms with Crippen LogP contribution in [0.5, 0.6) is 0 Å². The first-order chi connectivity index (χ1) is 13.6. The Morgan fingerprint density at radius 1 is 1.14 bits per heavy atom. The second kappa shape index (κ2) is 10.6. The molecule has 0 aromatic heterocycles. The van der Waals surface area contributed by atoms with E-state index in [4.69, 9.17) is 10.7 Å². The fourth-order valence-electron chi connectivity index (χ4n) is 4.81. The van der Waals surface area contributed by atoms with E-state index in [0.717, 1.165) is 45.0 Å². The van der Waals surface area contributed by atoms with Gasteiger partial charge < -0.3 is 21.3 Å². The lowest BCUT2D eigenvalue weighted by Crippen LogP contribution is -2.56. The second-order valence-electron chi connectivity index (χ2n) is 8.32. The minimum absolute atomic E-state index is 0.247. The Morgan fingerprint density at radius 3 is 2.43 bits per heavy atom. The van der Waals surface area contributed by atoms with Crippen LogP contribution < -0.4 is 16.4 Å². The number of nitrogens with one attached hydrogen (secondary N) is 2. The third-order valence-electron chi connectivity index (χ3n) is 6.49. The van der Waals surface area contributed by atoms with Crippen molar-refractivity contribution in [2.45, 2.75) is 63.5 Å². The van der Waals surface area contributed by atoms with Crippen molar-refractivity contribution in [2.24, 2.45) is 10.7 Å². The number of nitrogens with zero attached hydrogens (tertiary/aromatic N) is 3. The number of nitrogens with two attached hydrogens (primary N) is 1. The Bertz CT molecular complexity index is 523. The molecule has 2 heterocycles. The van der Waals surface area contributed by atoms with Crippen LogP contribution in [0.25, 0.3) is 0 Å². The van der Waals surface area contributed by atoms with Crippen molar-refractivity contribution >= 4 is 23.8 Å². The highest BCUT2D eigenvalue weighted by atomic mass is 32.2. The number of carbonyl (C=O) groups excluding carboxylic acids is 1. The number of primary amides is 1. The molecule has 1 aliphatic carbocycles. The first-order valence-corrected chi connectivity index (χ1v) is 12.2. The van der Waals surface area contributed by atoms with E-state index in [1.54, 1.807) is 4.90 Å². The van der Waals surface area contributed by atoms with Gasteiger partial charge in [0.25, 0.3) is 0 Å². The Morgan fingerprint density at radius 2 is 1.82 bits per heavy atom. The largest absolute Gasteiger partial charge is 0.357 e. The van der Waals surface area contributed by atoms with Gasteiger partial charge in [0, 0.05) is 55.8 Å². The van der Waals surface area contributed by atoms with Crippen LogP contribution in [-0.4, -0.2) is 84.1 Å². The van der Waals surface area contributed by atoms with Crippen molar-refractivity contribution in [1.82, 2.24) is 20.4 Å². The van der Waals surface area contributed by atoms with Crippen molar-refractivity contribution in [2.75, 3.05) is 50.8 Å². The van der Waals surface area contributed by atoms with Crippen LogP contribution in [0.4, 0.5) is 4.79 Å². The molecule has 1 saturated carbocycles. The van der Waals surface area contributed by atoms with E-state index in [1.165, 1.54) is 56.7 Å². The number of likely N-dealkylation sites (tertiary alicyclic amines) is 1. The summed E-state index contributed by atoms with van der Waals surface area (Å²) in [7, 11) is 0. The second-order valence-corrected chi connectivity index (χ2v) is 9.55. The normalized spacial score (nSPS) is 24.8. The topological polar surface area (TPSA) is 86.0 Å². The van der Waals surface area contributed by atoms with Crippen LogP contribution >= 0.6 is 11.8 Å². The number of hydrogen-bond donors (Lipinski definition) is 3. The molecule has 0 atom stereocenters. The van der Waals surface area contributed by atoms with E-state index in [2.05, 4.69) is 34.2 Å². The van der Waals surface area contributed by atoms with E-state index in [1.807, 2.05) is 0 Å². The molecule has 2 amide bonds. The summed E-state index contributed by atoms with van der Waals surface area (Å²) in [5, 5.41) is 7.05. The molecule has 4 N–H and O–H groups in total. The number of rotatable bonds is 5. The first kappa shape index (κ1) is 21.6. The van der Waals surface area contributed by atoms with E-state index < -0.39 is 0 Å². The van der Waals surface area contributed by atoms with Gasteiger partial charge in [-0.1, -0.05) is 19.3 Å². The molecule has 0 radical (unpaired) electrons. The van der Waals surface area contributed by atoms with Crippen molar-refractivity contribution in [3.63, 3.8) is 0 Å². The zero-order valence-corrected chi connectivity index (χ0v) is 18.2. The number of guanidine groups is 1. The SMILES string of the molecule is CCNC(=NCC1(N2CCSCC2)CCCCC1)NC1CCN(C(N)=O)CC1. The van der Waals surface area contributed by atoms with Gasteiger partial charge >= 0.3 is 6.03 Å². The summed E-state index contributed by atoms with van der Waals surface area (Å²) < 4.78 is 0. The molecule has 0 aromatic rings. The molecule has 0 aromatic carbocycles. The number of hydrogen-bond acceptors (Lipinski definition) is 4. The number of carbonyl (C=O) groups is 1. The maximum atomic E-state index is 11.3. The third-order valence-corrected chi connectivity index (χ3v) is 7.43. The van der Waals surface area contributed by atoms with Crippen LogP contribution in [0.1, 0.15) is 51.9 Å². The number of piperidine rings is 1. The van der Waals surface area contributed by atoms with Gasteiger partial charge in [-0.05, 0) is 32.6 Å². The Hall–Kier alpha value is -1.15. The highest BCUT2D eigenvalue weighted by Gasteiger charge is 2.38. The number of thioether (sulfide) groups is 1. The molecule has 3 rings (SSSR count). The summed E-state index contributed by atoms with van der Waals surface area (Å²) in [5.74, 6) is 3.43. The smallest absolute Gasteiger partial charge is 0.314 e. The molecule has 160 valence electrons. The third kappa shape index (κ3) is 5.69. The molecule has 0 bridgehead atoms. The predicted octanol–water partition coefficient (Wildman–Crippen LogP) is 1.84. The molecule has 0 spiro atoms. The summed E-state index contributed by atoms with van der Waals surface area (Å²) in [5.41, 5.74) is 5.65.